The number of halogens is 1. The Hall–Kier alpha value is -2.33. The molecule has 1 aliphatic carbocycles. The van der Waals surface area contributed by atoms with Gasteiger partial charge in [-0.15, -0.1) is 0 Å². The van der Waals surface area contributed by atoms with Gasteiger partial charge in [-0.05, 0) is 49.4 Å². The lowest BCUT2D eigenvalue weighted by Crippen LogP contribution is -2.32. The molecule has 1 aromatic heterocycles. The molecule has 1 saturated carbocycles. The standard InChI is InChI=1S/C22H24ClN3O/c1-2-13-25(22(27)17-7-4-3-5-8-17)15-20-24-19-10-6-9-18(23)21(19)26(20)14-16-11-12-16/h3-10,16H,2,11-15H2,1H3. The summed E-state index contributed by atoms with van der Waals surface area (Å²) >= 11 is 6.49. The Morgan fingerprint density at radius 2 is 1.96 bits per heavy atom. The van der Waals surface area contributed by atoms with Crippen LogP contribution in [0.25, 0.3) is 11.0 Å². The van der Waals surface area contributed by atoms with Crippen LogP contribution in [-0.2, 0) is 13.1 Å². The summed E-state index contributed by atoms with van der Waals surface area (Å²) in [6, 6.07) is 15.3. The highest BCUT2D eigenvalue weighted by Crippen LogP contribution is 2.34. The molecular weight excluding hydrogens is 358 g/mol. The summed E-state index contributed by atoms with van der Waals surface area (Å²) in [4.78, 5) is 19.8. The van der Waals surface area contributed by atoms with Crippen molar-refractivity contribution < 1.29 is 4.79 Å². The number of hydrogen-bond donors (Lipinski definition) is 0. The van der Waals surface area contributed by atoms with Crippen LogP contribution in [0.2, 0.25) is 5.02 Å². The number of rotatable bonds is 7. The summed E-state index contributed by atoms with van der Waals surface area (Å²) in [7, 11) is 0. The molecule has 4 nitrogen and oxygen atoms in total. The summed E-state index contributed by atoms with van der Waals surface area (Å²) in [5.41, 5.74) is 2.61. The largest absolute Gasteiger partial charge is 0.331 e. The highest BCUT2D eigenvalue weighted by Gasteiger charge is 2.26. The smallest absolute Gasteiger partial charge is 0.254 e. The number of hydrogen-bond acceptors (Lipinski definition) is 2. The third-order valence-electron chi connectivity index (χ3n) is 5.07. The van der Waals surface area contributed by atoms with E-state index in [1.165, 1.54) is 12.8 Å². The Morgan fingerprint density at radius 3 is 2.67 bits per heavy atom. The molecule has 1 amide bonds. The van der Waals surface area contributed by atoms with E-state index in [-0.39, 0.29) is 5.91 Å². The Balaban J connectivity index is 1.69. The monoisotopic (exact) mass is 381 g/mol. The fourth-order valence-corrected chi connectivity index (χ4v) is 3.79. The maximum absolute atomic E-state index is 13.0. The zero-order valence-corrected chi connectivity index (χ0v) is 16.3. The molecule has 2 aromatic carbocycles. The van der Waals surface area contributed by atoms with E-state index in [0.29, 0.717) is 24.6 Å². The predicted octanol–water partition coefficient (Wildman–Crippen LogP) is 5.15. The fourth-order valence-electron chi connectivity index (χ4n) is 3.52. The number of nitrogens with zero attached hydrogens (tertiary/aromatic N) is 3. The van der Waals surface area contributed by atoms with Gasteiger partial charge >= 0.3 is 0 Å². The van der Waals surface area contributed by atoms with E-state index >= 15 is 0 Å². The van der Waals surface area contributed by atoms with Crippen molar-refractivity contribution in [2.45, 2.75) is 39.3 Å². The number of carbonyl (C=O) groups excluding carboxylic acids is 1. The zero-order valence-electron chi connectivity index (χ0n) is 15.6. The quantitative estimate of drug-likeness (QED) is 0.567. The molecular formula is C22H24ClN3O. The van der Waals surface area contributed by atoms with Gasteiger partial charge in [-0.3, -0.25) is 4.79 Å². The van der Waals surface area contributed by atoms with E-state index in [9.17, 15) is 4.79 Å². The normalized spacial score (nSPS) is 13.9. The molecule has 140 valence electrons. The van der Waals surface area contributed by atoms with Crippen LogP contribution in [-0.4, -0.2) is 26.9 Å². The lowest BCUT2D eigenvalue weighted by molar-refractivity contribution is 0.0737. The molecule has 0 bridgehead atoms. The first-order valence-electron chi connectivity index (χ1n) is 9.65. The van der Waals surface area contributed by atoms with Crippen molar-refractivity contribution in [2.24, 2.45) is 5.92 Å². The van der Waals surface area contributed by atoms with Crippen LogP contribution < -0.4 is 0 Å². The first kappa shape index (κ1) is 18.1. The third kappa shape index (κ3) is 3.86. The van der Waals surface area contributed by atoms with Crippen molar-refractivity contribution in [3.63, 3.8) is 0 Å². The molecule has 0 radical (unpaired) electrons. The minimum atomic E-state index is 0.0496. The molecule has 1 fully saturated rings. The number of benzene rings is 2. The van der Waals surface area contributed by atoms with E-state index in [1.807, 2.05) is 53.4 Å². The van der Waals surface area contributed by atoms with E-state index in [0.717, 1.165) is 34.8 Å². The molecule has 5 heteroatoms. The molecule has 0 unspecified atom stereocenters. The molecule has 0 saturated heterocycles. The van der Waals surface area contributed by atoms with Gasteiger partial charge in [-0.2, -0.15) is 0 Å². The van der Waals surface area contributed by atoms with E-state index < -0.39 is 0 Å². The number of amides is 1. The van der Waals surface area contributed by atoms with Crippen molar-refractivity contribution in [1.82, 2.24) is 14.5 Å². The second-order valence-corrected chi connectivity index (χ2v) is 7.69. The van der Waals surface area contributed by atoms with Crippen molar-refractivity contribution in [3.05, 3.63) is 64.9 Å². The predicted molar refractivity (Wildman–Crippen MR) is 109 cm³/mol. The first-order valence-corrected chi connectivity index (χ1v) is 10.0. The Labute approximate surface area is 164 Å². The second-order valence-electron chi connectivity index (χ2n) is 7.28. The lowest BCUT2D eigenvalue weighted by Gasteiger charge is -2.22. The SMILES string of the molecule is CCCN(Cc1nc2cccc(Cl)c2n1CC1CC1)C(=O)c1ccccc1. The van der Waals surface area contributed by atoms with Crippen LogP contribution in [0.4, 0.5) is 0 Å². The van der Waals surface area contributed by atoms with Gasteiger partial charge in [0.1, 0.15) is 5.82 Å². The first-order chi connectivity index (χ1) is 13.2. The number of carbonyl (C=O) groups is 1. The second kappa shape index (κ2) is 7.73. The highest BCUT2D eigenvalue weighted by atomic mass is 35.5. The number of para-hydroxylation sites is 1. The molecule has 27 heavy (non-hydrogen) atoms. The van der Waals surface area contributed by atoms with Crippen LogP contribution in [0.3, 0.4) is 0 Å². The average Bonchev–Trinajstić information content (AvgIpc) is 3.43. The van der Waals surface area contributed by atoms with E-state index in [1.54, 1.807) is 0 Å². The molecule has 0 spiro atoms. The number of aromatic nitrogens is 2. The third-order valence-corrected chi connectivity index (χ3v) is 5.37. The van der Waals surface area contributed by atoms with Gasteiger partial charge in [-0.1, -0.05) is 42.8 Å². The summed E-state index contributed by atoms with van der Waals surface area (Å²) in [5, 5.41) is 0.725. The highest BCUT2D eigenvalue weighted by molar-refractivity contribution is 6.35. The fraction of sp³-hybridized carbons (Fsp3) is 0.364. The summed E-state index contributed by atoms with van der Waals surface area (Å²) < 4.78 is 2.23. The molecule has 1 heterocycles. The minimum absolute atomic E-state index is 0.0496. The van der Waals surface area contributed by atoms with Crippen molar-refractivity contribution >= 4 is 28.5 Å². The Morgan fingerprint density at radius 1 is 1.19 bits per heavy atom. The minimum Gasteiger partial charge on any atom is -0.331 e. The van der Waals surface area contributed by atoms with Gasteiger partial charge < -0.3 is 9.47 Å². The average molecular weight is 382 g/mol. The maximum atomic E-state index is 13.0. The van der Waals surface area contributed by atoms with E-state index in [4.69, 9.17) is 16.6 Å². The van der Waals surface area contributed by atoms with Crippen LogP contribution in [0, 0.1) is 5.92 Å². The Bertz CT molecular complexity index is 947. The molecule has 0 atom stereocenters. The maximum Gasteiger partial charge on any atom is 0.254 e. The number of fused-ring (bicyclic) bond motifs is 1. The van der Waals surface area contributed by atoms with Gasteiger partial charge in [0.2, 0.25) is 0 Å². The zero-order chi connectivity index (χ0) is 18.8. The van der Waals surface area contributed by atoms with Crippen LogP contribution in [0.15, 0.2) is 48.5 Å². The Kier molecular flexibility index (Phi) is 5.17. The van der Waals surface area contributed by atoms with Crippen molar-refractivity contribution in [3.8, 4) is 0 Å². The molecule has 3 aromatic rings. The molecule has 4 rings (SSSR count). The van der Waals surface area contributed by atoms with Crippen LogP contribution in [0.1, 0.15) is 42.4 Å². The van der Waals surface area contributed by atoms with E-state index in [2.05, 4.69) is 11.5 Å². The molecule has 0 N–H and O–H groups in total. The van der Waals surface area contributed by atoms with Crippen LogP contribution in [0.5, 0.6) is 0 Å². The van der Waals surface area contributed by atoms with Gasteiger partial charge in [0, 0.05) is 18.7 Å². The lowest BCUT2D eigenvalue weighted by atomic mass is 10.2. The van der Waals surface area contributed by atoms with Gasteiger partial charge in [-0.25, -0.2) is 4.98 Å². The number of imidazole rings is 1. The van der Waals surface area contributed by atoms with Gasteiger partial charge in [0.15, 0.2) is 0 Å². The van der Waals surface area contributed by atoms with Gasteiger partial charge in [0.25, 0.3) is 5.91 Å². The van der Waals surface area contributed by atoms with Crippen LogP contribution >= 0.6 is 11.6 Å². The van der Waals surface area contributed by atoms with Crippen molar-refractivity contribution in [1.29, 1.82) is 0 Å². The molecule has 0 aliphatic heterocycles. The summed E-state index contributed by atoms with van der Waals surface area (Å²) in [6.07, 6.45) is 3.42. The van der Waals surface area contributed by atoms with Crippen molar-refractivity contribution in [2.75, 3.05) is 6.54 Å². The van der Waals surface area contributed by atoms with Gasteiger partial charge in [0.05, 0.1) is 22.6 Å². The summed E-state index contributed by atoms with van der Waals surface area (Å²) in [6.45, 7) is 4.22. The summed E-state index contributed by atoms with van der Waals surface area (Å²) in [5.74, 6) is 1.66. The topological polar surface area (TPSA) is 38.1 Å². The molecule has 1 aliphatic rings.